The van der Waals surface area contributed by atoms with Crippen molar-refractivity contribution in [2.24, 2.45) is 0 Å². The second-order valence-electron chi connectivity index (χ2n) is 10.9. The summed E-state index contributed by atoms with van der Waals surface area (Å²) in [6.07, 6.45) is 6.72. The van der Waals surface area contributed by atoms with Gasteiger partial charge < -0.3 is 29.7 Å². The number of para-hydroxylation sites is 2. The maximum atomic E-state index is 13.5. The highest BCUT2D eigenvalue weighted by atomic mass is 16.2. The molecular formula is C31H34N8O3. The first-order valence-electron chi connectivity index (χ1n) is 14.2. The second-order valence-corrected chi connectivity index (χ2v) is 10.9. The lowest BCUT2D eigenvalue weighted by atomic mass is 10.0. The lowest BCUT2D eigenvalue weighted by Gasteiger charge is -2.35. The minimum atomic E-state index is -0.298. The number of imidazole rings is 2. The molecule has 0 radical (unpaired) electrons. The fraction of sp³-hybridized carbons (Fsp3) is 0.323. The fourth-order valence-electron chi connectivity index (χ4n) is 5.73. The van der Waals surface area contributed by atoms with Gasteiger partial charge in [0.1, 0.15) is 11.4 Å². The zero-order chi connectivity index (χ0) is 29.2. The van der Waals surface area contributed by atoms with Crippen molar-refractivity contribution in [3.05, 3.63) is 76.5 Å². The van der Waals surface area contributed by atoms with E-state index in [4.69, 9.17) is 0 Å². The van der Waals surface area contributed by atoms with Crippen molar-refractivity contribution in [1.82, 2.24) is 34.3 Å². The van der Waals surface area contributed by atoms with Crippen LogP contribution >= 0.6 is 0 Å². The number of carbonyl (C=O) groups excluding carboxylic acids is 2. The molecule has 3 N–H and O–H groups in total. The third-order valence-corrected chi connectivity index (χ3v) is 8.18. The topological polar surface area (TPSA) is 132 Å². The maximum Gasteiger partial charge on any atom is 0.261 e. The van der Waals surface area contributed by atoms with Gasteiger partial charge in [0, 0.05) is 37.9 Å². The van der Waals surface area contributed by atoms with Crippen LogP contribution in [0, 0.1) is 0 Å². The van der Waals surface area contributed by atoms with Gasteiger partial charge in [0.2, 0.25) is 0 Å². The number of H-pyrrole nitrogens is 2. The van der Waals surface area contributed by atoms with E-state index in [0.29, 0.717) is 46.5 Å². The molecule has 5 aromatic rings. The molecule has 0 aliphatic carbocycles. The van der Waals surface area contributed by atoms with Crippen molar-refractivity contribution < 1.29 is 9.59 Å². The Hall–Kier alpha value is -4.77. The number of rotatable bonds is 9. The van der Waals surface area contributed by atoms with E-state index in [1.54, 1.807) is 36.3 Å². The number of nitrogens with one attached hydrogen (secondary N) is 3. The van der Waals surface area contributed by atoms with Crippen LogP contribution in [0.3, 0.4) is 0 Å². The van der Waals surface area contributed by atoms with Gasteiger partial charge >= 0.3 is 0 Å². The minimum Gasteiger partial charge on any atom is -0.384 e. The van der Waals surface area contributed by atoms with Crippen molar-refractivity contribution in [3.63, 3.8) is 0 Å². The largest absolute Gasteiger partial charge is 0.384 e. The molecule has 1 aliphatic rings. The van der Waals surface area contributed by atoms with Crippen LogP contribution in [0.5, 0.6) is 0 Å². The molecule has 0 bridgehead atoms. The number of aromatic amines is 2. The number of pyridine rings is 1. The molecule has 1 aliphatic heterocycles. The first-order chi connectivity index (χ1) is 20.4. The predicted octanol–water partition coefficient (Wildman–Crippen LogP) is 3.75. The third-order valence-electron chi connectivity index (χ3n) is 8.18. The van der Waals surface area contributed by atoms with Gasteiger partial charge in [-0.05, 0) is 69.7 Å². The van der Waals surface area contributed by atoms with E-state index in [0.717, 1.165) is 49.9 Å². The molecule has 11 nitrogen and oxygen atoms in total. The number of nitrogens with zero attached hydrogens (tertiary/aromatic N) is 5. The van der Waals surface area contributed by atoms with Crippen LogP contribution in [0.15, 0.2) is 59.8 Å². The van der Waals surface area contributed by atoms with Crippen LogP contribution in [0.2, 0.25) is 0 Å². The first kappa shape index (κ1) is 27.4. The molecule has 2 aromatic carbocycles. The van der Waals surface area contributed by atoms with Gasteiger partial charge in [-0.15, -0.1) is 0 Å². The molecule has 42 heavy (non-hydrogen) atoms. The Bertz CT molecular complexity index is 1810. The molecule has 1 fully saturated rings. The standard InChI is InChI=1S/C31H34N8O3/c1-37-14-9-21(10-15-37)38(2)31(42)22-17-26-25(16-20(22)18-40)35-29(36-26)28-24(8-12-33-30(28)41)32-11-5-13-39-19-34-23-6-3-4-7-27(23)39/h3-4,6-8,12,16-19,21H,5,9-11,13-15H2,1-2H3,(H,35,36)(H2,32,33,41). The van der Waals surface area contributed by atoms with Crippen molar-refractivity contribution in [2.45, 2.75) is 31.8 Å². The number of likely N-dealkylation sites (tertiary alicyclic amines) is 1. The number of aldehydes is 1. The summed E-state index contributed by atoms with van der Waals surface area (Å²) in [5.74, 6) is 0.156. The summed E-state index contributed by atoms with van der Waals surface area (Å²) in [5.41, 5.74) is 4.44. The normalized spacial score (nSPS) is 14.4. The van der Waals surface area contributed by atoms with E-state index in [-0.39, 0.29) is 23.1 Å². The molecule has 0 saturated carbocycles. The minimum absolute atomic E-state index is 0.114. The van der Waals surface area contributed by atoms with Crippen LogP contribution in [0.4, 0.5) is 5.69 Å². The Morgan fingerprint density at radius 2 is 1.98 bits per heavy atom. The average molecular weight is 567 g/mol. The van der Waals surface area contributed by atoms with Gasteiger partial charge in [-0.25, -0.2) is 9.97 Å². The number of piperidine rings is 1. The van der Waals surface area contributed by atoms with Gasteiger partial charge in [0.25, 0.3) is 11.5 Å². The number of aryl methyl sites for hydroxylation is 1. The van der Waals surface area contributed by atoms with Crippen molar-refractivity contribution >= 4 is 39.9 Å². The summed E-state index contributed by atoms with van der Waals surface area (Å²) in [6, 6.07) is 13.2. The van der Waals surface area contributed by atoms with Crippen LogP contribution < -0.4 is 10.9 Å². The van der Waals surface area contributed by atoms with E-state index in [9.17, 15) is 14.4 Å². The Kier molecular flexibility index (Phi) is 7.58. The number of hydrogen-bond acceptors (Lipinski definition) is 7. The SMILES string of the molecule is CN1CCC(N(C)C(=O)c2cc3nc(-c4c(NCCCn5cnc6ccccc65)cc[nH]c4=O)[nH]c3cc2C=O)CC1. The Labute approximate surface area is 242 Å². The molecule has 3 aromatic heterocycles. The van der Waals surface area contributed by atoms with Crippen molar-refractivity contribution in [1.29, 1.82) is 0 Å². The number of benzene rings is 2. The summed E-state index contributed by atoms with van der Waals surface area (Å²) in [4.78, 5) is 57.5. The molecule has 11 heteroatoms. The van der Waals surface area contributed by atoms with Gasteiger partial charge in [-0.1, -0.05) is 12.1 Å². The van der Waals surface area contributed by atoms with E-state index >= 15 is 0 Å². The van der Waals surface area contributed by atoms with E-state index in [1.165, 1.54) is 0 Å². The van der Waals surface area contributed by atoms with E-state index < -0.39 is 0 Å². The number of anilines is 1. The van der Waals surface area contributed by atoms with E-state index in [1.807, 2.05) is 30.6 Å². The zero-order valence-corrected chi connectivity index (χ0v) is 23.8. The van der Waals surface area contributed by atoms with Crippen molar-refractivity contribution in [2.75, 3.05) is 39.0 Å². The van der Waals surface area contributed by atoms with Gasteiger partial charge in [-0.3, -0.25) is 14.4 Å². The monoisotopic (exact) mass is 566 g/mol. The summed E-state index contributed by atoms with van der Waals surface area (Å²) in [5, 5.41) is 3.38. The molecule has 6 rings (SSSR count). The maximum absolute atomic E-state index is 13.5. The van der Waals surface area contributed by atoms with Gasteiger partial charge in [-0.2, -0.15) is 0 Å². The zero-order valence-electron chi connectivity index (χ0n) is 23.8. The Morgan fingerprint density at radius 3 is 2.79 bits per heavy atom. The first-order valence-corrected chi connectivity index (χ1v) is 14.2. The molecule has 4 heterocycles. The second kappa shape index (κ2) is 11.6. The Morgan fingerprint density at radius 1 is 1.17 bits per heavy atom. The smallest absolute Gasteiger partial charge is 0.261 e. The van der Waals surface area contributed by atoms with Crippen LogP contribution in [0.25, 0.3) is 33.5 Å². The Balaban J connectivity index is 1.22. The van der Waals surface area contributed by atoms with Crippen LogP contribution in [-0.4, -0.2) is 86.3 Å². The molecule has 0 spiro atoms. The van der Waals surface area contributed by atoms with Crippen LogP contribution in [-0.2, 0) is 6.54 Å². The highest BCUT2D eigenvalue weighted by molar-refractivity contribution is 6.05. The number of aromatic nitrogens is 5. The lowest BCUT2D eigenvalue weighted by molar-refractivity contribution is 0.0657. The fourth-order valence-corrected chi connectivity index (χ4v) is 5.73. The number of fused-ring (bicyclic) bond motifs is 2. The third kappa shape index (κ3) is 5.30. The molecule has 216 valence electrons. The average Bonchev–Trinajstić information content (AvgIpc) is 3.62. The van der Waals surface area contributed by atoms with Crippen molar-refractivity contribution in [3.8, 4) is 11.4 Å². The molecule has 1 saturated heterocycles. The van der Waals surface area contributed by atoms with Crippen LogP contribution in [0.1, 0.15) is 40.0 Å². The van der Waals surface area contributed by atoms with Gasteiger partial charge in [0.15, 0.2) is 6.29 Å². The summed E-state index contributed by atoms with van der Waals surface area (Å²) in [6.45, 7) is 3.24. The summed E-state index contributed by atoms with van der Waals surface area (Å²) >= 11 is 0. The summed E-state index contributed by atoms with van der Waals surface area (Å²) < 4.78 is 2.11. The number of hydrogen-bond donors (Lipinski definition) is 3. The lowest BCUT2D eigenvalue weighted by Crippen LogP contribution is -2.44. The molecule has 0 unspecified atom stereocenters. The summed E-state index contributed by atoms with van der Waals surface area (Å²) in [7, 11) is 3.87. The number of carbonyl (C=O) groups is 2. The highest BCUT2D eigenvalue weighted by Crippen LogP contribution is 2.27. The molecular weight excluding hydrogens is 532 g/mol. The predicted molar refractivity (Wildman–Crippen MR) is 163 cm³/mol. The highest BCUT2D eigenvalue weighted by Gasteiger charge is 2.27. The number of amides is 1. The molecule has 1 amide bonds. The van der Waals surface area contributed by atoms with E-state index in [2.05, 4.69) is 41.8 Å². The van der Waals surface area contributed by atoms with Gasteiger partial charge in [0.05, 0.1) is 39.6 Å². The quantitative estimate of drug-likeness (QED) is 0.183. The molecule has 0 atom stereocenters.